The number of guanidine groups is 1. The number of benzene rings is 2. The van der Waals surface area contributed by atoms with Gasteiger partial charge in [-0.3, -0.25) is 9.69 Å². The highest BCUT2D eigenvalue weighted by Crippen LogP contribution is 2.47. The Morgan fingerprint density at radius 2 is 2.00 bits per heavy atom. The zero-order valence-electron chi connectivity index (χ0n) is 17.9. The molecule has 1 spiro atoms. The molecule has 1 aromatic heterocycles. The third kappa shape index (κ3) is 3.24. The van der Waals surface area contributed by atoms with E-state index < -0.39 is 5.54 Å². The van der Waals surface area contributed by atoms with Gasteiger partial charge in [-0.1, -0.05) is 18.2 Å². The first-order valence-corrected chi connectivity index (χ1v) is 10.3. The highest BCUT2D eigenvalue weighted by molar-refractivity contribution is 6.07. The van der Waals surface area contributed by atoms with Gasteiger partial charge in [-0.2, -0.15) is 0 Å². The van der Waals surface area contributed by atoms with Crippen molar-refractivity contribution in [2.24, 2.45) is 10.7 Å². The topological polar surface area (TPSA) is 103 Å². The summed E-state index contributed by atoms with van der Waals surface area (Å²) in [4.78, 5) is 27.7. The first kappa shape index (κ1) is 20.0. The number of ether oxygens (including phenoxy) is 2. The second-order valence-electron chi connectivity index (χ2n) is 8.03. The lowest BCUT2D eigenvalue weighted by molar-refractivity contribution is -0.132. The number of nitrogens with two attached hydrogens (primary N) is 1. The standard InChI is InChI=1S/C24H23N5O3/c1-29-22(30)24(28-23(29)25)11-19(9-15-4-3-5-18(8-15)31-2)32-21-7-6-16(10-20(21)24)17-12-26-14-27-13-17/h3-8,10,12-14,19H,9,11H2,1-2H3,(H2,25,28)/t19-,24-/m1/s1. The molecule has 2 N–H and O–H groups in total. The van der Waals surface area contributed by atoms with Crippen LogP contribution >= 0.6 is 0 Å². The number of methoxy groups -OCH3 is 1. The van der Waals surface area contributed by atoms with Gasteiger partial charge in [0, 0.05) is 43.4 Å². The van der Waals surface area contributed by atoms with Crippen LogP contribution in [0.5, 0.6) is 11.5 Å². The molecule has 8 nitrogen and oxygen atoms in total. The van der Waals surface area contributed by atoms with Gasteiger partial charge in [-0.15, -0.1) is 0 Å². The number of nitrogens with zero attached hydrogens (tertiary/aromatic N) is 4. The van der Waals surface area contributed by atoms with Gasteiger partial charge >= 0.3 is 0 Å². The number of carbonyl (C=O) groups excluding carboxylic acids is 1. The Morgan fingerprint density at radius 1 is 1.19 bits per heavy atom. The lowest BCUT2D eigenvalue weighted by Crippen LogP contribution is -2.46. The molecule has 162 valence electrons. The van der Waals surface area contributed by atoms with Crippen molar-refractivity contribution in [3.63, 3.8) is 0 Å². The van der Waals surface area contributed by atoms with Crippen LogP contribution in [-0.2, 0) is 16.8 Å². The minimum Gasteiger partial charge on any atom is -0.497 e. The number of amides is 1. The maximum Gasteiger partial charge on any atom is 0.261 e. The fourth-order valence-corrected chi connectivity index (χ4v) is 4.43. The lowest BCUT2D eigenvalue weighted by Gasteiger charge is -2.37. The van der Waals surface area contributed by atoms with Crippen LogP contribution in [0.25, 0.3) is 11.1 Å². The number of hydrogen-bond donors (Lipinski definition) is 1. The van der Waals surface area contributed by atoms with Crippen LogP contribution in [0.15, 0.2) is 66.2 Å². The second kappa shape index (κ2) is 7.64. The molecule has 5 rings (SSSR count). The molecule has 2 atom stereocenters. The maximum atomic E-state index is 13.4. The van der Waals surface area contributed by atoms with Gasteiger partial charge in [-0.25, -0.2) is 15.0 Å². The molecule has 2 aliphatic heterocycles. The number of aromatic nitrogens is 2. The van der Waals surface area contributed by atoms with E-state index >= 15 is 0 Å². The van der Waals surface area contributed by atoms with Crippen molar-refractivity contribution in [3.05, 3.63) is 72.3 Å². The first-order chi connectivity index (χ1) is 15.5. The minimum atomic E-state index is -1.12. The predicted molar refractivity (Wildman–Crippen MR) is 119 cm³/mol. The van der Waals surface area contributed by atoms with Crippen molar-refractivity contribution >= 4 is 11.9 Å². The van der Waals surface area contributed by atoms with E-state index in [0.29, 0.717) is 24.2 Å². The van der Waals surface area contributed by atoms with Crippen LogP contribution in [0.1, 0.15) is 17.5 Å². The van der Waals surface area contributed by atoms with E-state index in [1.807, 2.05) is 42.5 Å². The van der Waals surface area contributed by atoms with Gasteiger partial charge in [0.05, 0.1) is 7.11 Å². The normalized spacial score (nSPS) is 21.8. The summed E-state index contributed by atoms with van der Waals surface area (Å²) in [6.45, 7) is 0. The Hall–Kier alpha value is -3.94. The largest absolute Gasteiger partial charge is 0.497 e. The van der Waals surface area contributed by atoms with E-state index in [2.05, 4.69) is 15.0 Å². The Morgan fingerprint density at radius 3 is 2.72 bits per heavy atom. The van der Waals surface area contributed by atoms with E-state index in [1.165, 1.54) is 11.2 Å². The quantitative estimate of drug-likeness (QED) is 0.684. The van der Waals surface area contributed by atoms with Crippen LogP contribution in [0, 0.1) is 0 Å². The van der Waals surface area contributed by atoms with Crippen molar-refractivity contribution in [2.75, 3.05) is 14.2 Å². The molecule has 3 aromatic rings. The van der Waals surface area contributed by atoms with Gasteiger partial charge in [0.2, 0.25) is 0 Å². The molecule has 2 aromatic carbocycles. The van der Waals surface area contributed by atoms with Gasteiger partial charge in [0.25, 0.3) is 5.91 Å². The predicted octanol–water partition coefficient (Wildman–Crippen LogP) is 2.53. The molecular weight excluding hydrogens is 406 g/mol. The highest BCUT2D eigenvalue weighted by atomic mass is 16.5. The summed E-state index contributed by atoms with van der Waals surface area (Å²) in [6.07, 6.45) is 5.69. The molecule has 1 amide bonds. The Bertz CT molecular complexity index is 1210. The molecule has 0 saturated carbocycles. The molecule has 8 heteroatoms. The third-order valence-corrected chi connectivity index (χ3v) is 6.04. The van der Waals surface area contributed by atoms with Crippen molar-refractivity contribution in [3.8, 4) is 22.6 Å². The van der Waals surface area contributed by atoms with Crippen LogP contribution in [0.3, 0.4) is 0 Å². The van der Waals surface area contributed by atoms with Gasteiger partial charge in [-0.05, 0) is 35.4 Å². The van der Waals surface area contributed by atoms with E-state index in [1.54, 1.807) is 26.6 Å². The van der Waals surface area contributed by atoms with E-state index in [4.69, 9.17) is 15.2 Å². The van der Waals surface area contributed by atoms with Crippen LogP contribution in [0.4, 0.5) is 0 Å². The molecule has 0 radical (unpaired) electrons. The van der Waals surface area contributed by atoms with Gasteiger partial charge in [0.15, 0.2) is 11.5 Å². The molecule has 0 bridgehead atoms. The number of carbonyl (C=O) groups is 1. The smallest absolute Gasteiger partial charge is 0.261 e. The van der Waals surface area contributed by atoms with E-state index in [-0.39, 0.29) is 18.0 Å². The minimum absolute atomic E-state index is 0.156. The molecule has 0 fully saturated rings. The summed E-state index contributed by atoms with van der Waals surface area (Å²) in [6, 6.07) is 13.6. The molecule has 2 aliphatic rings. The number of aliphatic imine (C=N–C) groups is 1. The Labute approximate surface area is 185 Å². The number of fused-ring (bicyclic) bond motifs is 2. The molecule has 3 heterocycles. The monoisotopic (exact) mass is 429 g/mol. The van der Waals surface area contributed by atoms with Crippen molar-refractivity contribution < 1.29 is 14.3 Å². The summed E-state index contributed by atoms with van der Waals surface area (Å²) < 4.78 is 11.7. The van der Waals surface area contributed by atoms with Gasteiger partial charge in [0.1, 0.15) is 23.9 Å². The highest BCUT2D eigenvalue weighted by Gasteiger charge is 2.53. The van der Waals surface area contributed by atoms with Crippen LogP contribution < -0.4 is 15.2 Å². The van der Waals surface area contributed by atoms with E-state index in [9.17, 15) is 4.79 Å². The summed E-state index contributed by atoms with van der Waals surface area (Å²) in [7, 11) is 3.29. The van der Waals surface area contributed by atoms with Crippen LogP contribution in [-0.4, -0.2) is 47.0 Å². The summed E-state index contributed by atoms with van der Waals surface area (Å²) in [5, 5.41) is 0. The molecule has 0 saturated heterocycles. The SMILES string of the molecule is COc1cccc(C[C@@H]2C[C@@]3(N=C(N)N(C)C3=O)c3cc(-c4cncnc4)ccc3O2)c1. The molecule has 32 heavy (non-hydrogen) atoms. The number of hydrogen-bond acceptors (Lipinski definition) is 7. The number of likely N-dealkylation sites (N-methyl/N-ethyl adjacent to an activating group) is 1. The average Bonchev–Trinajstić information content (AvgIpc) is 3.03. The molecule has 0 unspecified atom stereocenters. The summed E-state index contributed by atoms with van der Waals surface area (Å²) in [5.74, 6) is 1.46. The summed E-state index contributed by atoms with van der Waals surface area (Å²) in [5.41, 5.74) is 8.47. The number of rotatable bonds is 4. The third-order valence-electron chi connectivity index (χ3n) is 6.04. The Kier molecular flexibility index (Phi) is 4.77. The molecular formula is C24H23N5O3. The average molecular weight is 429 g/mol. The summed E-state index contributed by atoms with van der Waals surface area (Å²) >= 11 is 0. The lowest BCUT2D eigenvalue weighted by atomic mass is 9.79. The Balaban J connectivity index is 1.57. The van der Waals surface area contributed by atoms with Crippen molar-refractivity contribution in [1.82, 2.24) is 14.9 Å². The van der Waals surface area contributed by atoms with Gasteiger partial charge < -0.3 is 15.2 Å². The zero-order chi connectivity index (χ0) is 22.3. The van der Waals surface area contributed by atoms with Crippen molar-refractivity contribution in [2.45, 2.75) is 24.5 Å². The van der Waals surface area contributed by atoms with Crippen LogP contribution in [0.2, 0.25) is 0 Å². The first-order valence-electron chi connectivity index (χ1n) is 10.3. The molecule has 0 aliphatic carbocycles. The maximum absolute atomic E-state index is 13.4. The second-order valence-corrected chi connectivity index (χ2v) is 8.03. The zero-order valence-corrected chi connectivity index (χ0v) is 17.9. The fourth-order valence-electron chi connectivity index (χ4n) is 4.43. The van der Waals surface area contributed by atoms with Crippen molar-refractivity contribution in [1.29, 1.82) is 0 Å². The fraction of sp³-hybridized carbons (Fsp3) is 0.250. The van der Waals surface area contributed by atoms with E-state index in [0.717, 1.165) is 22.4 Å².